The van der Waals surface area contributed by atoms with Crippen molar-refractivity contribution in [1.29, 1.82) is 0 Å². The number of hydrogen-bond donors (Lipinski definition) is 3. The van der Waals surface area contributed by atoms with E-state index in [1.165, 1.54) is 0 Å². The zero-order chi connectivity index (χ0) is 26.6. The average molecular weight is 481 g/mol. The van der Waals surface area contributed by atoms with Crippen LogP contribution in [0, 0.1) is 51.2 Å². The first-order chi connectivity index (χ1) is 15.2. The molecule has 0 radical (unpaired) electrons. The summed E-state index contributed by atoms with van der Waals surface area (Å²) < 4.78 is 5.13. The topological polar surface area (TPSA) is 150 Å². The zero-order valence-corrected chi connectivity index (χ0v) is 22.2. The van der Waals surface area contributed by atoms with Gasteiger partial charge in [-0.15, -0.1) is 0 Å². The third-order valence-corrected chi connectivity index (χ3v) is 9.71. The number of esters is 2. The molecule has 1 aliphatic heterocycles. The van der Waals surface area contributed by atoms with Crippen LogP contribution < -0.4 is 11.5 Å². The number of amides is 1. The van der Waals surface area contributed by atoms with E-state index < -0.39 is 63.7 Å². The van der Waals surface area contributed by atoms with Gasteiger partial charge in [-0.1, -0.05) is 55.4 Å². The predicted octanol–water partition coefficient (Wildman–Crippen LogP) is 3.36. The number of ether oxygens (including phenoxy) is 1. The van der Waals surface area contributed by atoms with Crippen molar-refractivity contribution in [3.8, 4) is 0 Å². The fourth-order valence-electron chi connectivity index (χ4n) is 6.45. The van der Waals surface area contributed by atoms with E-state index in [9.17, 15) is 24.3 Å². The monoisotopic (exact) mass is 480 g/mol. The Bertz CT molecular complexity index is 863. The number of aliphatic carboxylic acids is 1. The van der Waals surface area contributed by atoms with Crippen LogP contribution >= 0.6 is 0 Å². The van der Waals surface area contributed by atoms with Crippen molar-refractivity contribution < 1.29 is 29.0 Å². The SMILES string of the molecule is CC(C)C(C(=O)O)C(CC(C)(C)C1(C)CC1(C)C1C(=O)OC(=O)C1CC(C)(C)C(C)N)C(N)=O. The van der Waals surface area contributed by atoms with Crippen molar-refractivity contribution in [3.05, 3.63) is 0 Å². The molecule has 8 nitrogen and oxygen atoms in total. The molecular weight excluding hydrogens is 436 g/mol. The minimum atomic E-state index is -1.04. The molecule has 1 heterocycles. The van der Waals surface area contributed by atoms with Crippen LogP contribution in [0.25, 0.3) is 0 Å². The fraction of sp³-hybridized carbons (Fsp3) is 0.846. The first-order valence-electron chi connectivity index (χ1n) is 12.3. The van der Waals surface area contributed by atoms with Crippen molar-refractivity contribution >= 4 is 23.8 Å². The number of carboxylic acid groups (broad SMARTS) is 1. The van der Waals surface area contributed by atoms with E-state index in [0.717, 1.165) is 0 Å². The predicted molar refractivity (Wildman–Crippen MR) is 128 cm³/mol. The molecule has 1 saturated heterocycles. The van der Waals surface area contributed by atoms with E-state index >= 15 is 0 Å². The van der Waals surface area contributed by atoms with E-state index in [1.54, 1.807) is 13.8 Å². The molecular formula is C26H44N2O6. The van der Waals surface area contributed by atoms with Gasteiger partial charge in [-0.05, 0) is 53.8 Å². The molecule has 34 heavy (non-hydrogen) atoms. The van der Waals surface area contributed by atoms with Crippen LogP contribution in [-0.4, -0.2) is 35.0 Å². The van der Waals surface area contributed by atoms with Crippen LogP contribution in [0.2, 0.25) is 0 Å². The highest BCUT2D eigenvalue weighted by Gasteiger charge is 2.75. The normalized spacial score (nSPS) is 32.3. The lowest BCUT2D eigenvalue weighted by molar-refractivity contribution is -0.154. The minimum absolute atomic E-state index is 0.174. The number of carbonyl (C=O) groups is 4. The minimum Gasteiger partial charge on any atom is -0.481 e. The van der Waals surface area contributed by atoms with Crippen LogP contribution in [0.15, 0.2) is 0 Å². The summed E-state index contributed by atoms with van der Waals surface area (Å²) in [4.78, 5) is 50.0. The van der Waals surface area contributed by atoms with Gasteiger partial charge in [0, 0.05) is 6.04 Å². The summed E-state index contributed by atoms with van der Waals surface area (Å²) in [5, 5.41) is 9.79. The van der Waals surface area contributed by atoms with E-state index in [4.69, 9.17) is 16.2 Å². The molecule has 1 saturated carbocycles. The Morgan fingerprint density at radius 1 is 1.12 bits per heavy atom. The highest BCUT2D eigenvalue weighted by atomic mass is 16.6. The quantitative estimate of drug-likeness (QED) is 0.303. The van der Waals surface area contributed by atoms with Crippen molar-refractivity contribution in [3.63, 3.8) is 0 Å². The number of cyclic esters (lactones) is 2. The molecule has 7 unspecified atom stereocenters. The zero-order valence-electron chi connectivity index (χ0n) is 22.2. The van der Waals surface area contributed by atoms with Crippen molar-refractivity contribution in [2.75, 3.05) is 0 Å². The van der Waals surface area contributed by atoms with Crippen LogP contribution in [0.1, 0.15) is 81.6 Å². The van der Waals surface area contributed by atoms with Crippen LogP contribution in [0.3, 0.4) is 0 Å². The Labute approximate surface area is 203 Å². The molecule has 1 amide bonds. The Balaban J connectivity index is 2.40. The van der Waals surface area contributed by atoms with E-state index in [1.807, 2.05) is 41.5 Å². The van der Waals surface area contributed by atoms with E-state index in [0.29, 0.717) is 12.8 Å². The van der Waals surface area contributed by atoms with Gasteiger partial charge in [0.25, 0.3) is 0 Å². The molecule has 194 valence electrons. The molecule has 2 fully saturated rings. The highest BCUT2D eigenvalue weighted by Crippen LogP contribution is 2.77. The summed E-state index contributed by atoms with van der Waals surface area (Å²) in [6.07, 6.45) is 1.36. The maximum Gasteiger partial charge on any atom is 0.318 e. The molecule has 0 aromatic heterocycles. The molecule has 0 spiro atoms. The Morgan fingerprint density at radius 3 is 2.06 bits per heavy atom. The number of carboxylic acids is 1. The van der Waals surface area contributed by atoms with Crippen molar-refractivity contribution in [2.24, 2.45) is 62.7 Å². The van der Waals surface area contributed by atoms with Crippen LogP contribution in [-0.2, 0) is 23.9 Å². The van der Waals surface area contributed by atoms with Gasteiger partial charge in [0.2, 0.25) is 5.91 Å². The maximum atomic E-state index is 12.9. The molecule has 0 aromatic carbocycles. The standard InChI is InChI=1S/C26H44N2O6/c1-13(2)17(20(30)31)15(19(28)29)11-24(6,7)26(9)12-25(26,8)18-16(21(32)34-22(18)33)10-23(4,5)14(3)27/h13-18H,10-12,27H2,1-9H3,(H2,28,29)(H,30,31). The number of rotatable bonds is 11. The molecule has 7 atom stereocenters. The molecule has 2 rings (SSSR count). The lowest BCUT2D eigenvalue weighted by Gasteiger charge is -2.41. The first-order valence-corrected chi connectivity index (χ1v) is 12.3. The number of hydrogen-bond acceptors (Lipinski definition) is 6. The summed E-state index contributed by atoms with van der Waals surface area (Å²) in [7, 11) is 0. The third-order valence-electron chi connectivity index (χ3n) is 9.71. The Morgan fingerprint density at radius 2 is 1.65 bits per heavy atom. The van der Waals surface area contributed by atoms with E-state index in [2.05, 4.69) is 6.92 Å². The fourth-order valence-corrected chi connectivity index (χ4v) is 6.45. The lowest BCUT2D eigenvalue weighted by Crippen LogP contribution is -2.44. The largest absolute Gasteiger partial charge is 0.481 e. The van der Waals surface area contributed by atoms with Gasteiger partial charge in [0.05, 0.1) is 23.7 Å². The van der Waals surface area contributed by atoms with Crippen molar-refractivity contribution in [2.45, 2.75) is 87.6 Å². The smallest absolute Gasteiger partial charge is 0.318 e. The molecule has 1 aliphatic carbocycles. The highest BCUT2D eigenvalue weighted by molar-refractivity contribution is 5.97. The van der Waals surface area contributed by atoms with Gasteiger partial charge >= 0.3 is 17.9 Å². The second-order valence-electron chi connectivity index (χ2n) is 12.9. The average Bonchev–Trinajstić information content (AvgIpc) is 3.11. The molecule has 8 heteroatoms. The maximum absolute atomic E-state index is 12.9. The third kappa shape index (κ3) is 4.62. The van der Waals surface area contributed by atoms with Gasteiger partial charge < -0.3 is 21.3 Å². The van der Waals surface area contributed by atoms with Crippen molar-refractivity contribution in [1.82, 2.24) is 0 Å². The molecule has 0 bridgehead atoms. The van der Waals surface area contributed by atoms with E-state index in [-0.39, 0.29) is 23.8 Å². The Hall–Kier alpha value is -1.96. The number of nitrogens with two attached hydrogens (primary N) is 2. The summed E-state index contributed by atoms with van der Waals surface area (Å²) in [5.41, 5.74) is 9.98. The molecule has 5 N–H and O–H groups in total. The summed E-state index contributed by atoms with van der Waals surface area (Å²) in [6, 6.07) is -0.174. The van der Waals surface area contributed by atoms with Gasteiger partial charge in [-0.3, -0.25) is 19.2 Å². The van der Waals surface area contributed by atoms with Gasteiger partial charge in [0.15, 0.2) is 0 Å². The summed E-state index contributed by atoms with van der Waals surface area (Å²) in [5.74, 6) is -5.90. The second-order valence-corrected chi connectivity index (χ2v) is 12.9. The molecule has 0 aromatic rings. The van der Waals surface area contributed by atoms with Crippen LogP contribution in [0.4, 0.5) is 0 Å². The lowest BCUT2D eigenvalue weighted by atomic mass is 9.61. The number of primary amides is 1. The van der Waals surface area contributed by atoms with Crippen LogP contribution in [0.5, 0.6) is 0 Å². The molecule has 2 aliphatic rings. The summed E-state index contributed by atoms with van der Waals surface area (Å²) >= 11 is 0. The first kappa shape index (κ1) is 28.3. The van der Waals surface area contributed by atoms with Gasteiger partial charge in [-0.25, -0.2) is 0 Å². The van der Waals surface area contributed by atoms with Gasteiger partial charge in [-0.2, -0.15) is 0 Å². The summed E-state index contributed by atoms with van der Waals surface area (Å²) in [6.45, 7) is 17.5. The van der Waals surface area contributed by atoms with Gasteiger partial charge in [0.1, 0.15) is 0 Å². The second kappa shape index (κ2) is 8.92. The number of carbonyl (C=O) groups excluding carboxylic acids is 3. The Kier molecular flexibility index (Phi) is 7.42.